The molecular formula is C8H11ClN2O3S2. The Morgan fingerprint density at radius 3 is 2.69 bits per heavy atom. The zero-order valence-electron chi connectivity index (χ0n) is 8.73. The minimum atomic E-state index is -3.76. The summed E-state index contributed by atoms with van der Waals surface area (Å²) in [6, 6.07) is 0. The smallest absolute Gasteiger partial charge is 0.272 e. The number of carbonyl (C=O) groups excluding carboxylic acids is 1. The normalized spacial score (nSPS) is 11.8. The monoisotopic (exact) mass is 282 g/mol. The number of halogens is 1. The number of anilines is 1. The number of nitrogens with zero attached hydrogens (tertiary/aromatic N) is 1. The standard InChI is InChI=1S/C8H11ClN2O3S2/c1-5(2)3-6(12)11-8-10-4-7(15-8)16(9,13)14/h4-5H,3H2,1-2H3,(H,10,11,12). The van der Waals surface area contributed by atoms with Crippen molar-refractivity contribution in [2.45, 2.75) is 24.5 Å². The minimum Gasteiger partial charge on any atom is -0.302 e. The van der Waals surface area contributed by atoms with Gasteiger partial charge in [0.25, 0.3) is 9.05 Å². The van der Waals surface area contributed by atoms with E-state index in [4.69, 9.17) is 10.7 Å². The van der Waals surface area contributed by atoms with Crippen molar-refractivity contribution in [1.82, 2.24) is 4.98 Å². The number of rotatable bonds is 4. The second-order valence-electron chi connectivity index (χ2n) is 3.57. The first-order valence-corrected chi connectivity index (χ1v) is 7.62. The highest BCUT2D eigenvalue weighted by Gasteiger charge is 2.15. The summed E-state index contributed by atoms with van der Waals surface area (Å²) in [5.41, 5.74) is 0. The lowest BCUT2D eigenvalue weighted by Crippen LogP contribution is -2.13. The van der Waals surface area contributed by atoms with Crippen molar-refractivity contribution in [3.8, 4) is 0 Å². The van der Waals surface area contributed by atoms with Crippen LogP contribution in [-0.4, -0.2) is 19.3 Å². The third-order valence-corrected chi connectivity index (χ3v) is 4.54. The van der Waals surface area contributed by atoms with Gasteiger partial charge in [-0.15, -0.1) is 0 Å². The molecular weight excluding hydrogens is 272 g/mol. The fourth-order valence-electron chi connectivity index (χ4n) is 0.971. The average molecular weight is 283 g/mol. The molecule has 1 rings (SSSR count). The van der Waals surface area contributed by atoms with Crippen molar-refractivity contribution in [3.05, 3.63) is 6.20 Å². The SMILES string of the molecule is CC(C)CC(=O)Nc1ncc(S(=O)(=O)Cl)s1. The fraction of sp³-hybridized carbons (Fsp3) is 0.500. The Morgan fingerprint density at radius 1 is 1.62 bits per heavy atom. The first-order valence-electron chi connectivity index (χ1n) is 4.49. The van der Waals surface area contributed by atoms with Gasteiger partial charge in [-0.25, -0.2) is 13.4 Å². The second kappa shape index (κ2) is 5.11. The summed E-state index contributed by atoms with van der Waals surface area (Å²) in [5.74, 6) is 0.0408. The molecule has 1 aromatic rings. The van der Waals surface area contributed by atoms with Gasteiger partial charge in [0.1, 0.15) is 0 Å². The van der Waals surface area contributed by atoms with Crippen LogP contribution in [-0.2, 0) is 13.8 Å². The van der Waals surface area contributed by atoms with E-state index in [1.54, 1.807) is 0 Å². The van der Waals surface area contributed by atoms with Crippen LogP contribution in [0.3, 0.4) is 0 Å². The number of hydrogen-bond acceptors (Lipinski definition) is 5. The molecule has 0 aromatic carbocycles. The van der Waals surface area contributed by atoms with E-state index in [1.807, 2.05) is 13.8 Å². The lowest BCUT2D eigenvalue weighted by atomic mass is 10.1. The zero-order chi connectivity index (χ0) is 12.3. The van der Waals surface area contributed by atoms with E-state index in [0.29, 0.717) is 6.42 Å². The maximum absolute atomic E-state index is 11.4. The third-order valence-electron chi connectivity index (χ3n) is 1.56. The van der Waals surface area contributed by atoms with Gasteiger partial charge in [-0.1, -0.05) is 25.2 Å². The van der Waals surface area contributed by atoms with Crippen molar-refractivity contribution < 1.29 is 13.2 Å². The van der Waals surface area contributed by atoms with Crippen molar-refractivity contribution in [2.75, 3.05) is 5.32 Å². The van der Waals surface area contributed by atoms with Gasteiger partial charge in [-0.3, -0.25) is 4.79 Å². The summed E-state index contributed by atoms with van der Waals surface area (Å²) in [6.07, 6.45) is 1.49. The van der Waals surface area contributed by atoms with Gasteiger partial charge in [0, 0.05) is 17.1 Å². The summed E-state index contributed by atoms with van der Waals surface area (Å²) < 4.78 is 21.8. The Labute approximate surface area is 102 Å². The Hall–Kier alpha value is -0.660. The van der Waals surface area contributed by atoms with Gasteiger partial charge in [-0.05, 0) is 5.92 Å². The van der Waals surface area contributed by atoms with Crippen LogP contribution < -0.4 is 5.32 Å². The predicted octanol–water partition coefficient (Wildman–Crippen LogP) is 2.06. The number of aromatic nitrogens is 1. The molecule has 1 amide bonds. The third kappa shape index (κ3) is 4.07. The van der Waals surface area contributed by atoms with Gasteiger partial charge in [0.2, 0.25) is 5.91 Å². The number of nitrogens with one attached hydrogen (secondary N) is 1. The van der Waals surface area contributed by atoms with Crippen molar-refractivity contribution in [2.24, 2.45) is 5.92 Å². The molecule has 0 saturated heterocycles. The topological polar surface area (TPSA) is 76.1 Å². The number of amides is 1. The van der Waals surface area contributed by atoms with Crippen LogP contribution in [0.5, 0.6) is 0 Å². The maximum atomic E-state index is 11.4. The Kier molecular flexibility index (Phi) is 4.28. The summed E-state index contributed by atoms with van der Waals surface area (Å²) in [4.78, 5) is 15.1. The van der Waals surface area contributed by atoms with E-state index >= 15 is 0 Å². The van der Waals surface area contributed by atoms with E-state index < -0.39 is 9.05 Å². The molecule has 0 aliphatic carbocycles. The molecule has 0 atom stereocenters. The summed E-state index contributed by atoms with van der Waals surface area (Å²) in [6.45, 7) is 3.83. The molecule has 0 aliphatic rings. The van der Waals surface area contributed by atoms with E-state index in [2.05, 4.69) is 10.3 Å². The van der Waals surface area contributed by atoms with Crippen LogP contribution in [0, 0.1) is 5.92 Å². The predicted molar refractivity (Wildman–Crippen MR) is 63.2 cm³/mol. The van der Waals surface area contributed by atoms with Crippen molar-refractivity contribution >= 4 is 42.1 Å². The molecule has 0 saturated carbocycles. The molecule has 90 valence electrons. The van der Waals surface area contributed by atoms with E-state index in [-0.39, 0.29) is 21.2 Å². The fourth-order valence-corrected chi connectivity index (χ4v) is 2.75. The Balaban J connectivity index is 2.70. The van der Waals surface area contributed by atoms with Crippen LogP contribution in [0.2, 0.25) is 0 Å². The molecule has 16 heavy (non-hydrogen) atoms. The molecule has 0 radical (unpaired) electrons. The van der Waals surface area contributed by atoms with E-state index in [1.165, 1.54) is 0 Å². The van der Waals surface area contributed by atoms with Crippen molar-refractivity contribution in [3.63, 3.8) is 0 Å². The molecule has 0 aliphatic heterocycles. The summed E-state index contributed by atoms with van der Waals surface area (Å²) in [7, 11) is 1.36. The number of hydrogen-bond donors (Lipinski definition) is 1. The van der Waals surface area contributed by atoms with Gasteiger partial charge in [0.05, 0.1) is 6.20 Å². The van der Waals surface area contributed by atoms with Gasteiger partial charge in [0.15, 0.2) is 9.34 Å². The average Bonchev–Trinajstić information content (AvgIpc) is 2.49. The second-order valence-corrected chi connectivity index (χ2v) is 7.39. The van der Waals surface area contributed by atoms with Crippen LogP contribution in [0.15, 0.2) is 10.4 Å². The highest BCUT2D eigenvalue weighted by atomic mass is 35.7. The number of thiazole rings is 1. The molecule has 0 fully saturated rings. The largest absolute Gasteiger partial charge is 0.302 e. The summed E-state index contributed by atoms with van der Waals surface area (Å²) >= 11 is 0.832. The van der Waals surface area contributed by atoms with E-state index in [0.717, 1.165) is 17.5 Å². The van der Waals surface area contributed by atoms with Gasteiger partial charge in [-0.2, -0.15) is 0 Å². The van der Waals surface area contributed by atoms with Gasteiger partial charge < -0.3 is 5.32 Å². The van der Waals surface area contributed by atoms with Crippen LogP contribution in [0.4, 0.5) is 5.13 Å². The molecule has 0 spiro atoms. The molecule has 1 heterocycles. The summed E-state index contributed by atoms with van der Waals surface area (Å²) in [5, 5.41) is 2.75. The van der Waals surface area contributed by atoms with Crippen molar-refractivity contribution in [1.29, 1.82) is 0 Å². The molecule has 5 nitrogen and oxygen atoms in total. The van der Waals surface area contributed by atoms with Crippen LogP contribution in [0.25, 0.3) is 0 Å². The maximum Gasteiger partial charge on any atom is 0.272 e. The quantitative estimate of drug-likeness (QED) is 0.858. The molecule has 0 bridgehead atoms. The lowest BCUT2D eigenvalue weighted by Gasteiger charge is -2.03. The van der Waals surface area contributed by atoms with Crippen LogP contribution >= 0.6 is 22.0 Å². The number of carbonyl (C=O) groups is 1. The molecule has 1 aromatic heterocycles. The highest BCUT2D eigenvalue weighted by Crippen LogP contribution is 2.25. The van der Waals surface area contributed by atoms with Gasteiger partial charge >= 0.3 is 0 Å². The van der Waals surface area contributed by atoms with E-state index in [9.17, 15) is 13.2 Å². The first kappa shape index (κ1) is 13.4. The van der Waals surface area contributed by atoms with Crippen LogP contribution in [0.1, 0.15) is 20.3 Å². The Morgan fingerprint density at radius 2 is 2.25 bits per heavy atom. The molecule has 0 unspecified atom stereocenters. The highest BCUT2D eigenvalue weighted by molar-refractivity contribution is 8.15. The first-order chi connectivity index (χ1) is 7.29. The lowest BCUT2D eigenvalue weighted by molar-refractivity contribution is -0.116. The zero-order valence-corrected chi connectivity index (χ0v) is 11.1. The molecule has 1 N–H and O–H groups in total. The molecule has 8 heteroatoms. The Bertz CT molecular complexity index is 481. The minimum absolute atomic E-state index is 0.0750.